The number of aromatic amines is 1. The summed E-state index contributed by atoms with van der Waals surface area (Å²) in [6.45, 7) is -0.278. The summed E-state index contributed by atoms with van der Waals surface area (Å²) in [6.07, 6.45) is 4.64. The van der Waals surface area contributed by atoms with Gasteiger partial charge < -0.3 is 37.5 Å². The molecule has 0 aliphatic carbocycles. The average Bonchev–Trinajstić information content (AvgIpc) is 3.09. The van der Waals surface area contributed by atoms with Gasteiger partial charge in [-0.05, 0) is 30.1 Å². The van der Waals surface area contributed by atoms with Gasteiger partial charge in [-0.1, -0.05) is 18.2 Å². The van der Waals surface area contributed by atoms with Crippen LogP contribution in [0, 0.1) is 0 Å². The van der Waals surface area contributed by atoms with Crippen molar-refractivity contribution in [2.24, 2.45) is 17.2 Å². The lowest BCUT2D eigenvalue weighted by molar-refractivity contribution is -0.139. The SMILES string of the molecule is CSCCC(N)C(=O)O.NC(Cc1c[nH]c2ccccc12)C(=O)O.NCC(=O)O. The zero-order chi connectivity index (χ0) is 22.4. The fourth-order valence-electron chi connectivity index (χ4n) is 1.99. The zero-order valence-corrected chi connectivity index (χ0v) is 16.9. The van der Waals surface area contributed by atoms with Gasteiger partial charge in [0.05, 0.1) is 6.54 Å². The molecule has 10 nitrogen and oxygen atoms in total. The van der Waals surface area contributed by atoms with Crippen LogP contribution in [0.3, 0.4) is 0 Å². The van der Waals surface area contributed by atoms with Gasteiger partial charge in [-0.15, -0.1) is 0 Å². The maximum atomic E-state index is 10.6. The number of H-pyrrole nitrogens is 1. The molecule has 0 fully saturated rings. The fraction of sp³-hybridized carbons (Fsp3) is 0.389. The van der Waals surface area contributed by atoms with Gasteiger partial charge in [0.15, 0.2) is 0 Å². The molecule has 0 radical (unpaired) electrons. The highest BCUT2D eigenvalue weighted by Crippen LogP contribution is 2.18. The zero-order valence-electron chi connectivity index (χ0n) is 16.1. The van der Waals surface area contributed by atoms with Crippen molar-refractivity contribution in [2.45, 2.75) is 24.9 Å². The lowest BCUT2D eigenvalue weighted by Gasteiger charge is -2.04. The molecule has 1 aromatic heterocycles. The van der Waals surface area contributed by atoms with E-state index in [0.29, 0.717) is 12.8 Å². The number of nitrogens with two attached hydrogens (primary N) is 3. The highest BCUT2D eigenvalue weighted by molar-refractivity contribution is 7.98. The number of para-hydroxylation sites is 1. The number of aliphatic carboxylic acids is 3. The highest BCUT2D eigenvalue weighted by atomic mass is 32.2. The Morgan fingerprint density at radius 1 is 1.07 bits per heavy atom. The minimum atomic E-state index is -0.972. The second-order valence-corrected chi connectivity index (χ2v) is 6.82. The van der Waals surface area contributed by atoms with E-state index in [0.717, 1.165) is 22.2 Å². The standard InChI is InChI=1S/C11H12N2O2.C5H11NO2S.C2H5NO2/c12-9(11(14)15)5-7-6-13-10-4-2-1-3-8(7)10;1-9-3-2-4(6)5(7)8;3-1-2(4)5/h1-4,6,9,13H,5,12H2,(H,14,15);4H,2-3,6H2,1H3,(H,7,8);1,3H2,(H,4,5). The summed E-state index contributed by atoms with van der Waals surface area (Å²) in [5.41, 5.74) is 17.2. The number of carboxylic acids is 3. The topological polar surface area (TPSA) is 206 Å². The Bertz CT molecular complexity index is 783. The molecule has 0 aliphatic heterocycles. The number of aromatic nitrogens is 1. The maximum Gasteiger partial charge on any atom is 0.320 e. The quantitative estimate of drug-likeness (QED) is 0.306. The van der Waals surface area contributed by atoms with Gasteiger partial charge in [-0.3, -0.25) is 14.4 Å². The largest absolute Gasteiger partial charge is 0.480 e. The lowest BCUT2D eigenvalue weighted by atomic mass is 10.1. The fourth-order valence-corrected chi connectivity index (χ4v) is 2.48. The number of fused-ring (bicyclic) bond motifs is 1. The average molecular weight is 429 g/mol. The first-order chi connectivity index (χ1) is 13.6. The Morgan fingerprint density at radius 2 is 1.62 bits per heavy atom. The Hall–Kier alpha value is -2.60. The van der Waals surface area contributed by atoms with Crippen LogP contribution in [-0.4, -0.2) is 68.8 Å². The van der Waals surface area contributed by atoms with Crippen molar-refractivity contribution in [3.8, 4) is 0 Å². The molecule has 2 aromatic rings. The molecule has 0 saturated carbocycles. The monoisotopic (exact) mass is 428 g/mol. The number of nitrogens with one attached hydrogen (secondary N) is 1. The Kier molecular flexibility index (Phi) is 13.1. The van der Waals surface area contributed by atoms with E-state index in [-0.39, 0.29) is 6.54 Å². The third-order valence-electron chi connectivity index (χ3n) is 3.56. The number of rotatable bonds is 8. The molecule has 162 valence electrons. The first-order valence-corrected chi connectivity index (χ1v) is 9.95. The van der Waals surface area contributed by atoms with Crippen LogP contribution in [0.25, 0.3) is 10.9 Å². The molecule has 0 saturated heterocycles. The number of carboxylic acid groups (broad SMARTS) is 3. The molecule has 10 N–H and O–H groups in total. The van der Waals surface area contributed by atoms with Crippen LogP contribution in [0.1, 0.15) is 12.0 Å². The van der Waals surface area contributed by atoms with Crippen LogP contribution in [0.4, 0.5) is 0 Å². The van der Waals surface area contributed by atoms with Gasteiger partial charge in [0.1, 0.15) is 12.1 Å². The molecule has 2 atom stereocenters. The van der Waals surface area contributed by atoms with Gasteiger partial charge in [-0.2, -0.15) is 11.8 Å². The minimum Gasteiger partial charge on any atom is -0.480 e. The molecule has 0 spiro atoms. The predicted molar refractivity (Wildman–Crippen MR) is 113 cm³/mol. The molecular formula is C18H28N4O6S. The summed E-state index contributed by atoms with van der Waals surface area (Å²) in [5.74, 6) is -2.04. The predicted octanol–water partition coefficient (Wildman–Crippen LogP) is 0.303. The number of carbonyl (C=O) groups is 3. The molecule has 2 unspecified atom stereocenters. The molecule has 0 aliphatic rings. The number of hydrogen-bond donors (Lipinski definition) is 7. The maximum absolute atomic E-state index is 10.6. The number of thioether (sulfide) groups is 1. The van der Waals surface area contributed by atoms with Crippen LogP contribution >= 0.6 is 11.8 Å². The smallest absolute Gasteiger partial charge is 0.320 e. The van der Waals surface area contributed by atoms with Crippen LogP contribution in [0.5, 0.6) is 0 Å². The van der Waals surface area contributed by atoms with E-state index in [9.17, 15) is 14.4 Å². The molecule has 2 rings (SSSR count). The molecule has 1 heterocycles. The summed E-state index contributed by atoms with van der Waals surface area (Å²) >= 11 is 1.60. The van der Waals surface area contributed by atoms with Crippen molar-refractivity contribution in [2.75, 3.05) is 18.6 Å². The normalized spacial score (nSPS) is 12.0. The summed E-state index contributed by atoms with van der Waals surface area (Å²) in [6, 6.07) is 6.23. The van der Waals surface area contributed by atoms with Crippen molar-refractivity contribution in [1.29, 1.82) is 0 Å². The van der Waals surface area contributed by atoms with Gasteiger partial charge >= 0.3 is 17.9 Å². The first kappa shape index (κ1) is 26.4. The van der Waals surface area contributed by atoms with E-state index in [1.165, 1.54) is 0 Å². The van der Waals surface area contributed by atoms with E-state index in [4.69, 9.17) is 26.8 Å². The van der Waals surface area contributed by atoms with E-state index >= 15 is 0 Å². The van der Waals surface area contributed by atoms with Crippen molar-refractivity contribution < 1.29 is 29.7 Å². The minimum absolute atomic E-state index is 0.278. The lowest BCUT2D eigenvalue weighted by Crippen LogP contribution is -2.32. The summed E-state index contributed by atoms with van der Waals surface area (Å²) in [7, 11) is 0. The number of hydrogen-bond acceptors (Lipinski definition) is 7. The van der Waals surface area contributed by atoms with Gasteiger partial charge in [0.2, 0.25) is 0 Å². The second-order valence-electron chi connectivity index (χ2n) is 5.83. The van der Waals surface area contributed by atoms with Gasteiger partial charge in [0, 0.05) is 23.5 Å². The van der Waals surface area contributed by atoms with Crippen molar-refractivity contribution in [3.05, 3.63) is 36.0 Å². The van der Waals surface area contributed by atoms with Crippen molar-refractivity contribution in [3.63, 3.8) is 0 Å². The van der Waals surface area contributed by atoms with E-state index in [2.05, 4.69) is 10.7 Å². The third-order valence-corrected chi connectivity index (χ3v) is 4.20. The van der Waals surface area contributed by atoms with E-state index in [1.54, 1.807) is 11.8 Å². The molecule has 0 bridgehead atoms. The van der Waals surface area contributed by atoms with Crippen LogP contribution in [-0.2, 0) is 20.8 Å². The summed E-state index contributed by atoms with van der Waals surface area (Å²) in [4.78, 5) is 33.0. The van der Waals surface area contributed by atoms with E-state index in [1.807, 2.05) is 36.7 Å². The second kappa shape index (κ2) is 14.4. The Morgan fingerprint density at radius 3 is 2.10 bits per heavy atom. The Labute approximate surface area is 172 Å². The Balaban J connectivity index is 0.000000479. The summed E-state index contributed by atoms with van der Waals surface area (Å²) < 4.78 is 0. The molecule has 1 aromatic carbocycles. The van der Waals surface area contributed by atoms with Crippen LogP contribution in [0.15, 0.2) is 30.5 Å². The highest BCUT2D eigenvalue weighted by Gasteiger charge is 2.14. The third kappa shape index (κ3) is 11.1. The van der Waals surface area contributed by atoms with Gasteiger partial charge in [0.25, 0.3) is 0 Å². The van der Waals surface area contributed by atoms with Crippen molar-refractivity contribution in [1.82, 2.24) is 4.98 Å². The number of benzene rings is 1. The molecular weight excluding hydrogens is 400 g/mol. The molecule has 11 heteroatoms. The van der Waals surface area contributed by atoms with Crippen molar-refractivity contribution >= 4 is 40.6 Å². The summed E-state index contributed by atoms with van der Waals surface area (Å²) in [5, 5.41) is 25.6. The van der Waals surface area contributed by atoms with Gasteiger partial charge in [-0.25, -0.2) is 0 Å². The van der Waals surface area contributed by atoms with E-state index < -0.39 is 30.0 Å². The molecule has 29 heavy (non-hydrogen) atoms. The first-order valence-electron chi connectivity index (χ1n) is 8.56. The molecule has 0 amide bonds. The van der Waals surface area contributed by atoms with Crippen LogP contribution in [0.2, 0.25) is 0 Å². The van der Waals surface area contributed by atoms with Crippen LogP contribution < -0.4 is 17.2 Å².